The van der Waals surface area contributed by atoms with Crippen LogP contribution in [-0.2, 0) is 14.3 Å². The number of carboxylic acid groups (broad SMARTS) is 1. The SMILES string of the molecule is CC(C)N(CCC(=O)O)C(=O)[C@H]1CCC[C@@H](NC(=O)OCC2c3ccccc3-c3ccccc32)C1. The highest BCUT2D eigenvalue weighted by molar-refractivity contribution is 5.80. The number of nitrogens with zero attached hydrogens (tertiary/aromatic N) is 1. The number of hydrogen-bond donors (Lipinski definition) is 2. The molecule has 0 saturated heterocycles. The number of alkyl carbamates (subject to hydrolysis) is 1. The van der Waals surface area contributed by atoms with Crippen LogP contribution in [0.25, 0.3) is 11.1 Å². The van der Waals surface area contributed by atoms with Crippen molar-refractivity contribution in [2.45, 2.75) is 64.0 Å². The van der Waals surface area contributed by atoms with Gasteiger partial charge in [0.05, 0.1) is 6.42 Å². The maximum atomic E-state index is 13.1. The molecule has 35 heavy (non-hydrogen) atoms. The Morgan fingerprint density at radius 3 is 2.26 bits per heavy atom. The largest absolute Gasteiger partial charge is 0.481 e. The van der Waals surface area contributed by atoms with Crippen LogP contribution in [0.2, 0.25) is 0 Å². The molecule has 1 saturated carbocycles. The predicted molar refractivity (Wildman–Crippen MR) is 133 cm³/mol. The number of carbonyl (C=O) groups is 3. The molecule has 4 rings (SSSR count). The van der Waals surface area contributed by atoms with Crippen LogP contribution >= 0.6 is 0 Å². The summed E-state index contributed by atoms with van der Waals surface area (Å²) in [5.41, 5.74) is 4.70. The second-order valence-corrected chi connectivity index (χ2v) is 9.80. The second-order valence-electron chi connectivity index (χ2n) is 9.80. The van der Waals surface area contributed by atoms with Gasteiger partial charge in [0.15, 0.2) is 0 Å². The number of fused-ring (bicyclic) bond motifs is 3. The van der Waals surface area contributed by atoms with E-state index >= 15 is 0 Å². The van der Waals surface area contributed by atoms with Gasteiger partial charge in [-0.15, -0.1) is 0 Å². The lowest BCUT2D eigenvalue weighted by Crippen LogP contribution is -2.46. The van der Waals surface area contributed by atoms with Crippen molar-refractivity contribution in [3.63, 3.8) is 0 Å². The Balaban J connectivity index is 1.33. The smallest absolute Gasteiger partial charge is 0.407 e. The van der Waals surface area contributed by atoms with Crippen molar-refractivity contribution in [1.82, 2.24) is 10.2 Å². The van der Waals surface area contributed by atoms with Crippen molar-refractivity contribution in [3.8, 4) is 11.1 Å². The number of rotatable bonds is 8. The molecule has 7 heteroatoms. The summed E-state index contributed by atoms with van der Waals surface area (Å²) in [5.74, 6) is -1.16. The van der Waals surface area contributed by atoms with E-state index in [4.69, 9.17) is 9.84 Å². The van der Waals surface area contributed by atoms with Crippen LogP contribution in [0.3, 0.4) is 0 Å². The summed E-state index contributed by atoms with van der Waals surface area (Å²) in [5, 5.41) is 12.0. The van der Waals surface area contributed by atoms with E-state index in [1.807, 2.05) is 38.1 Å². The summed E-state index contributed by atoms with van der Waals surface area (Å²) >= 11 is 0. The minimum atomic E-state index is -0.915. The van der Waals surface area contributed by atoms with Crippen molar-refractivity contribution >= 4 is 18.0 Å². The van der Waals surface area contributed by atoms with E-state index < -0.39 is 12.1 Å². The Bertz CT molecular complexity index is 1040. The summed E-state index contributed by atoms with van der Waals surface area (Å²) in [6.07, 6.45) is 2.38. The molecule has 7 nitrogen and oxygen atoms in total. The minimum Gasteiger partial charge on any atom is -0.481 e. The number of aliphatic carboxylic acids is 1. The van der Waals surface area contributed by atoms with E-state index in [2.05, 4.69) is 29.6 Å². The molecule has 0 radical (unpaired) electrons. The number of carbonyl (C=O) groups excluding carboxylic acids is 2. The average molecular weight is 479 g/mol. The molecule has 2 aliphatic carbocycles. The zero-order chi connectivity index (χ0) is 24.9. The van der Waals surface area contributed by atoms with E-state index in [9.17, 15) is 14.4 Å². The van der Waals surface area contributed by atoms with Crippen LogP contribution in [0, 0.1) is 5.92 Å². The van der Waals surface area contributed by atoms with Gasteiger partial charge >= 0.3 is 12.1 Å². The predicted octanol–water partition coefficient (Wildman–Crippen LogP) is 4.80. The monoisotopic (exact) mass is 478 g/mol. The summed E-state index contributed by atoms with van der Waals surface area (Å²) < 4.78 is 5.68. The van der Waals surface area contributed by atoms with Gasteiger partial charge in [0, 0.05) is 30.5 Å². The van der Waals surface area contributed by atoms with Gasteiger partial charge in [0.25, 0.3) is 0 Å². The van der Waals surface area contributed by atoms with Crippen LogP contribution in [0.15, 0.2) is 48.5 Å². The molecule has 2 aliphatic rings. The van der Waals surface area contributed by atoms with E-state index in [0.29, 0.717) is 6.42 Å². The van der Waals surface area contributed by atoms with Crippen molar-refractivity contribution in [3.05, 3.63) is 59.7 Å². The molecule has 2 N–H and O–H groups in total. The van der Waals surface area contributed by atoms with Gasteiger partial charge in [-0.05, 0) is 55.4 Å². The van der Waals surface area contributed by atoms with E-state index in [1.165, 1.54) is 22.3 Å². The Morgan fingerprint density at radius 2 is 1.66 bits per heavy atom. The Labute approximate surface area is 206 Å². The fourth-order valence-electron chi connectivity index (χ4n) is 5.43. The second kappa shape index (κ2) is 10.9. The van der Waals surface area contributed by atoms with Gasteiger partial charge in [-0.2, -0.15) is 0 Å². The first kappa shape index (κ1) is 24.8. The standard InChI is InChI=1S/C28H34N2O5/c1-18(2)30(15-14-26(31)32)27(33)19-8-7-9-20(16-19)29-28(34)35-17-25-23-12-5-3-10-21(23)22-11-4-6-13-24(22)25/h3-6,10-13,18-20,25H,7-9,14-17H2,1-2H3,(H,29,34)(H,31,32)/t19-,20+/m0/s1. The first-order valence-electron chi connectivity index (χ1n) is 12.5. The number of ether oxygens (including phenoxy) is 1. The molecule has 0 aromatic heterocycles. The summed E-state index contributed by atoms with van der Waals surface area (Å²) in [6.45, 7) is 4.25. The fourth-order valence-corrected chi connectivity index (χ4v) is 5.43. The van der Waals surface area contributed by atoms with Crippen LogP contribution in [0.5, 0.6) is 0 Å². The van der Waals surface area contributed by atoms with Gasteiger partial charge in [-0.1, -0.05) is 55.0 Å². The molecule has 2 aromatic rings. The van der Waals surface area contributed by atoms with E-state index in [-0.39, 0.29) is 49.4 Å². The molecular formula is C28H34N2O5. The molecule has 1 fully saturated rings. The number of carboxylic acids is 1. The normalized spacial score (nSPS) is 19.1. The lowest BCUT2D eigenvalue weighted by molar-refractivity contribution is -0.141. The quantitative estimate of drug-likeness (QED) is 0.568. The molecule has 2 aromatic carbocycles. The number of nitrogens with one attached hydrogen (secondary N) is 1. The molecular weight excluding hydrogens is 444 g/mol. The van der Waals surface area contributed by atoms with Crippen LogP contribution in [0.1, 0.15) is 63.0 Å². The Morgan fingerprint density at radius 1 is 1.03 bits per heavy atom. The molecule has 0 aliphatic heterocycles. The third-order valence-corrected chi connectivity index (χ3v) is 7.16. The summed E-state index contributed by atoms with van der Waals surface area (Å²) in [4.78, 5) is 38.4. The third-order valence-electron chi connectivity index (χ3n) is 7.16. The van der Waals surface area contributed by atoms with Crippen molar-refractivity contribution in [1.29, 1.82) is 0 Å². The topological polar surface area (TPSA) is 95.9 Å². The van der Waals surface area contributed by atoms with Crippen molar-refractivity contribution < 1.29 is 24.2 Å². The summed E-state index contributed by atoms with van der Waals surface area (Å²) in [7, 11) is 0. The number of hydrogen-bond acceptors (Lipinski definition) is 4. The van der Waals surface area contributed by atoms with Gasteiger partial charge in [0.2, 0.25) is 5.91 Å². The molecule has 0 unspecified atom stereocenters. The lowest BCUT2D eigenvalue weighted by Gasteiger charge is -2.34. The van der Waals surface area contributed by atoms with Gasteiger partial charge in [-0.3, -0.25) is 9.59 Å². The zero-order valence-electron chi connectivity index (χ0n) is 20.4. The molecule has 2 amide bonds. The van der Waals surface area contributed by atoms with E-state index in [0.717, 1.165) is 19.3 Å². The molecule has 186 valence electrons. The minimum absolute atomic E-state index is 0.00247. The summed E-state index contributed by atoms with van der Waals surface area (Å²) in [6, 6.07) is 16.2. The highest BCUT2D eigenvalue weighted by Gasteiger charge is 2.33. The number of amides is 2. The maximum absolute atomic E-state index is 13.1. The van der Waals surface area contributed by atoms with Crippen LogP contribution < -0.4 is 5.32 Å². The third kappa shape index (κ3) is 5.66. The highest BCUT2D eigenvalue weighted by atomic mass is 16.5. The van der Waals surface area contributed by atoms with Crippen molar-refractivity contribution in [2.75, 3.05) is 13.2 Å². The average Bonchev–Trinajstić information content (AvgIpc) is 3.16. The van der Waals surface area contributed by atoms with Gasteiger partial charge in [0.1, 0.15) is 6.61 Å². The van der Waals surface area contributed by atoms with Gasteiger partial charge in [-0.25, -0.2) is 4.79 Å². The Hall–Kier alpha value is -3.35. The molecule has 0 bridgehead atoms. The molecule has 0 heterocycles. The fraction of sp³-hybridized carbons (Fsp3) is 0.464. The molecule has 2 atom stereocenters. The van der Waals surface area contributed by atoms with E-state index in [1.54, 1.807) is 4.90 Å². The van der Waals surface area contributed by atoms with Crippen LogP contribution in [0.4, 0.5) is 4.79 Å². The van der Waals surface area contributed by atoms with Crippen molar-refractivity contribution in [2.24, 2.45) is 5.92 Å². The van der Waals surface area contributed by atoms with Gasteiger partial charge < -0.3 is 20.1 Å². The zero-order valence-corrected chi connectivity index (χ0v) is 20.4. The first-order chi connectivity index (χ1) is 16.8. The lowest BCUT2D eigenvalue weighted by atomic mass is 9.84. The highest BCUT2D eigenvalue weighted by Crippen LogP contribution is 2.44. The van der Waals surface area contributed by atoms with Crippen LogP contribution in [-0.4, -0.2) is 53.2 Å². The Kier molecular flexibility index (Phi) is 7.73. The first-order valence-corrected chi connectivity index (χ1v) is 12.5. The number of benzene rings is 2. The molecule has 0 spiro atoms. The maximum Gasteiger partial charge on any atom is 0.407 e.